The Morgan fingerprint density at radius 2 is 1.22 bits per heavy atom. The number of allylic oxidation sites excluding steroid dienone is 5. The molecule has 0 aromatic carbocycles. The number of carbonyl (C=O) groups is 1. The minimum atomic E-state index is -4.34. The monoisotopic (exact) mass is 656 g/mol. The Morgan fingerprint density at radius 3 is 1.76 bits per heavy atom. The maximum Gasteiger partial charge on any atom is 0.472 e. The van der Waals surface area contributed by atoms with E-state index in [2.05, 4.69) is 37.4 Å². The lowest BCUT2D eigenvalue weighted by molar-refractivity contribution is -0.123. The SMILES string of the molecule is CCCCCCC/C=C/C=C/[C@@H](O)[C@H](COP(=O)(O)OCCN)NC(=O)CCCCCCCCC/C=C\CCCCCCCC. The molecule has 0 rings (SSSR count). The number of carbonyl (C=O) groups excluding carboxylic acids is 1. The molecule has 0 aromatic heterocycles. The van der Waals surface area contributed by atoms with Crippen molar-refractivity contribution in [1.29, 1.82) is 0 Å². The summed E-state index contributed by atoms with van der Waals surface area (Å²) in [6.45, 7) is 4.02. The Labute approximate surface area is 276 Å². The number of phosphoric acid groups is 1. The van der Waals surface area contributed by atoms with Crippen molar-refractivity contribution < 1.29 is 28.4 Å². The molecule has 0 saturated carbocycles. The molecule has 8 nitrogen and oxygen atoms in total. The summed E-state index contributed by atoms with van der Waals surface area (Å²) in [7, 11) is -4.34. The van der Waals surface area contributed by atoms with Crippen LogP contribution in [0.25, 0.3) is 0 Å². The topological polar surface area (TPSA) is 131 Å². The summed E-state index contributed by atoms with van der Waals surface area (Å²) in [4.78, 5) is 22.5. The van der Waals surface area contributed by atoms with Gasteiger partial charge in [0, 0.05) is 13.0 Å². The zero-order chi connectivity index (χ0) is 33.3. The highest BCUT2D eigenvalue weighted by atomic mass is 31.2. The van der Waals surface area contributed by atoms with E-state index >= 15 is 0 Å². The highest BCUT2D eigenvalue weighted by molar-refractivity contribution is 7.47. The molecule has 1 amide bonds. The summed E-state index contributed by atoms with van der Waals surface area (Å²) >= 11 is 0. The second-order valence-corrected chi connectivity index (χ2v) is 13.6. The normalized spacial score (nSPS) is 14.9. The van der Waals surface area contributed by atoms with Gasteiger partial charge in [0.2, 0.25) is 5.91 Å². The van der Waals surface area contributed by atoms with Crippen molar-refractivity contribution in [2.24, 2.45) is 5.73 Å². The van der Waals surface area contributed by atoms with Crippen LogP contribution in [0.1, 0.15) is 155 Å². The number of hydrogen-bond donors (Lipinski definition) is 4. The van der Waals surface area contributed by atoms with Crippen LogP contribution in [-0.4, -0.2) is 47.8 Å². The molecule has 0 spiro atoms. The van der Waals surface area contributed by atoms with E-state index < -0.39 is 20.0 Å². The molecule has 0 bridgehead atoms. The Morgan fingerprint density at radius 1 is 0.733 bits per heavy atom. The van der Waals surface area contributed by atoms with Gasteiger partial charge in [0.05, 0.1) is 25.4 Å². The summed E-state index contributed by atoms with van der Waals surface area (Å²) < 4.78 is 21.9. The predicted molar refractivity (Wildman–Crippen MR) is 189 cm³/mol. The molecule has 264 valence electrons. The van der Waals surface area contributed by atoms with E-state index in [1.165, 1.54) is 103 Å². The zero-order valence-corrected chi connectivity index (χ0v) is 29.7. The van der Waals surface area contributed by atoms with Crippen LogP contribution in [-0.2, 0) is 18.4 Å². The van der Waals surface area contributed by atoms with Gasteiger partial charge in [-0.3, -0.25) is 13.8 Å². The van der Waals surface area contributed by atoms with Crippen LogP contribution in [0.4, 0.5) is 0 Å². The van der Waals surface area contributed by atoms with Gasteiger partial charge in [-0.05, 0) is 44.9 Å². The average Bonchev–Trinajstić information content (AvgIpc) is 3.02. The fraction of sp³-hybridized carbons (Fsp3) is 0.806. The fourth-order valence-corrected chi connectivity index (χ4v) is 5.71. The summed E-state index contributed by atoms with van der Waals surface area (Å²) in [6, 6.07) is -0.891. The van der Waals surface area contributed by atoms with E-state index in [0.717, 1.165) is 32.1 Å². The first kappa shape index (κ1) is 43.7. The lowest BCUT2D eigenvalue weighted by Gasteiger charge is -2.23. The summed E-state index contributed by atoms with van der Waals surface area (Å²) in [5.41, 5.74) is 5.33. The molecular formula is C36H69N2O6P. The molecule has 0 aromatic rings. The number of unbranched alkanes of at least 4 members (excludes halogenated alkanes) is 18. The highest BCUT2D eigenvalue weighted by Gasteiger charge is 2.26. The Hall–Kier alpha value is -1.28. The molecule has 1 unspecified atom stereocenters. The van der Waals surface area contributed by atoms with Gasteiger partial charge >= 0.3 is 7.82 Å². The first-order chi connectivity index (χ1) is 21.9. The van der Waals surface area contributed by atoms with Gasteiger partial charge < -0.3 is 21.1 Å². The van der Waals surface area contributed by atoms with Gasteiger partial charge in [-0.25, -0.2) is 4.57 Å². The van der Waals surface area contributed by atoms with Crippen LogP contribution in [0.3, 0.4) is 0 Å². The third-order valence-electron chi connectivity index (χ3n) is 7.74. The van der Waals surface area contributed by atoms with Crippen molar-refractivity contribution in [2.75, 3.05) is 19.8 Å². The minimum Gasteiger partial charge on any atom is -0.387 e. The van der Waals surface area contributed by atoms with E-state index in [1.807, 2.05) is 6.08 Å². The van der Waals surface area contributed by atoms with Gasteiger partial charge in [0.25, 0.3) is 0 Å². The Balaban J connectivity index is 4.30. The molecule has 0 radical (unpaired) electrons. The second-order valence-electron chi connectivity index (χ2n) is 12.1. The minimum absolute atomic E-state index is 0.0705. The van der Waals surface area contributed by atoms with Gasteiger partial charge in [-0.15, -0.1) is 0 Å². The number of aliphatic hydroxyl groups is 1. The molecule has 0 heterocycles. The van der Waals surface area contributed by atoms with Crippen molar-refractivity contribution in [1.82, 2.24) is 5.32 Å². The molecule has 0 aliphatic rings. The van der Waals surface area contributed by atoms with Crippen LogP contribution in [0.2, 0.25) is 0 Å². The van der Waals surface area contributed by atoms with Crippen molar-refractivity contribution >= 4 is 13.7 Å². The number of nitrogens with one attached hydrogen (secondary N) is 1. The summed E-state index contributed by atoms with van der Waals surface area (Å²) in [5.74, 6) is -0.220. The lowest BCUT2D eigenvalue weighted by atomic mass is 10.1. The number of phosphoric ester groups is 1. The third kappa shape index (κ3) is 31.1. The molecule has 0 fully saturated rings. The summed E-state index contributed by atoms with van der Waals surface area (Å²) in [5, 5.41) is 13.5. The smallest absolute Gasteiger partial charge is 0.387 e. The van der Waals surface area contributed by atoms with Gasteiger partial charge in [0.1, 0.15) is 0 Å². The van der Waals surface area contributed by atoms with Crippen LogP contribution in [0.5, 0.6) is 0 Å². The summed E-state index contributed by atoms with van der Waals surface area (Å²) in [6.07, 6.45) is 36.4. The standard InChI is InChI=1S/C36H69N2O6P/c1-3-5-7-9-11-13-14-15-16-17-18-19-20-22-24-26-28-30-36(40)38-34(33-44-45(41,42)43-32-31-37)35(39)29-27-25-23-21-12-10-8-6-4-2/h15-16,23,25,27,29,34-35,39H,3-14,17-22,24,26,28,30-33,37H2,1-2H3,(H,38,40)(H,41,42)/b16-15-,25-23+,29-27+/t34-,35+/m0/s1. The average molecular weight is 657 g/mol. The highest BCUT2D eigenvalue weighted by Crippen LogP contribution is 2.43. The van der Waals surface area contributed by atoms with E-state index in [1.54, 1.807) is 12.2 Å². The maximum atomic E-state index is 12.6. The molecule has 45 heavy (non-hydrogen) atoms. The number of hydrogen-bond acceptors (Lipinski definition) is 6. The van der Waals surface area contributed by atoms with Gasteiger partial charge in [-0.1, -0.05) is 140 Å². The lowest BCUT2D eigenvalue weighted by Crippen LogP contribution is -2.45. The number of nitrogens with two attached hydrogens (primary N) is 1. The first-order valence-electron chi connectivity index (χ1n) is 18.1. The van der Waals surface area contributed by atoms with Gasteiger partial charge in [-0.2, -0.15) is 0 Å². The Kier molecular flexibility index (Phi) is 31.7. The van der Waals surface area contributed by atoms with Gasteiger partial charge in [0.15, 0.2) is 0 Å². The molecule has 3 atom stereocenters. The quantitative estimate of drug-likeness (QED) is 0.0240. The van der Waals surface area contributed by atoms with E-state index in [4.69, 9.17) is 14.8 Å². The van der Waals surface area contributed by atoms with Crippen molar-refractivity contribution in [3.8, 4) is 0 Å². The number of rotatable bonds is 33. The molecule has 0 aliphatic heterocycles. The first-order valence-corrected chi connectivity index (χ1v) is 19.6. The van der Waals surface area contributed by atoms with Crippen LogP contribution < -0.4 is 11.1 Å². The fourth-order valence-electron chi connectivity index (χ4n) is 4.95. The number of aliphatic hydroxyl groups excluding tert-OH is 1. The predicted octanol–water partition coefficient (Wildman–Crippen LogP) is 9.22. The molecule has 0 saturated heterocycles. The second kappa shape index (κ2) is 32.7. The Bertz CT molecular complexity index is 804. The number of amides is 1. The molecular weight excluding hydrogens is 587 g/mol. The largest absolute Gasteiger partial charge is 0.472 e. The van der Waals surface area contributed by atoms with Crippen molar-refractivity contribution in [3.05, 3.63) is 36.5 Å². The van der Waals surface area contributed by atoms with Crippen molar-refractivity contribution in [2.45, 2.75) is 167 Å². The van der Waals surface area contributed by atoms with Crippen LogP contribution >= 0.6 is 7.82 Å². The van der Waals surface area contributed by atoms with Crippen molar-refractivity contribution in [3.63, 3.8) is 0 Å². The third-order valence-corrected chi connectivity index (χ3v) is 8.73. The van der Waals surface area contributed by atoms with E-state index in [9.17, 15) is 19.4 Å². The van der Waals surface area contributed by atoms with E-state index in [0.29, 0.717) is 6.42 Å². The molecule has 9 heteroatoms. The van der Waals surface area contributed by atoms with Crippen LogP contribution in [0.15, 0.2) is 36.5 Å². The maximum absolute atomic E-state index is 12.6. The van der Waals surface area contributed by atoms with Crippen LogP contribution in [0, 0.1) is 0 Å². The molecule has 5 N–H and O–H groups in total. The van der Waals surface area contributed by atoms with E-state index in [-0.39, 0.29) is 25.7 Å². The molecule has 0 aliphatic carbocycles. The zero-order valence-electron chi connectivity index (χ0n) is 28.8.